The van der Waals surface area contributed by atoms with Gasteiger partial charge in [0.2, 0.25) is 17.7 Å². The van der Waals surface area contributed by atoms with Crippen LogP contribution in [0.4, 0.5) is 0 Å². The Hall–Kier alpha value is -1.80. The molecule has 3 aliphatic rings. The molecule has 3 heterocycles. The van der Waals surface area contributed by atoms with Gasteiger partial charge in [0.05, 0.1) is 22.5 Å². The van der Waals surface area contributed by atoms with Gasteiger partial charge >= 0.3 is 0 Å². The number of piperazine rings is 1. The summed E-state index contributed by atoms with van der Waals surface area (Å²) in [5.41, 5.74) is 1.15. The van der Waals surface area contributed by atoms with Crippen LogP contribution in [0.15, 0.2) is 5.38 Å². The van der Waals surface area contributed by atoms with Gasteiger partial charge in [0.15, 0.2) is 0 Å². The zero-order valence-electron chi connectivity index (χ0n) is 18.2. The fourth-order valence-corrected chi connectivity index (χ4v) is 5.63. The molecule has 1 saturated carbocycles. The third kappa shape index (κ3) is 4.30. The van der Waals surface area contributed by atoms with E-state index in [1.54, 1.807) is 16.2 Å². The van der Waals surface area contributed by atoms with Crippen LogP contribution in [-0.2, 0) is 26.3 Å². The second kappa shape index (κ2) is 8.38. The minimum Gasteiger partial charge on any atom is -0.339 e. The lowest BCUT2D eigenvalue weighted by atomic mass is 9.81. The standard InChI is InChI=1S/C22H32N4O3S/c1-22(2,3)21-23-15(14-30-21)12-24-8-10-25(11-9-24)18(27)13-26-19(28)16-6-4-5-7-17(16)20(26)29/h14,16-17H,4-13H2,1-3H3. The molecule has 164 valence electrons. The number of thiazole rings is 1. The smallest absolute Gasteiger partial charge is 0.242 e. The molecule has 1 aromatic rings. The maximum Gasteiger partial charge on any atom is 0.242 e. The van der Waals surface area contributed by atoms with Gasteiger partial charge in [0, 0.05) is 43.5 Å². The number of rotatable bonds is 4. The van der Waals surface area contributed by atoms with Crippen molar-refractivity contribution in [2.24, 2.45) is 11.8 Å². The van der Waals surface area contributed by atoms with E-state index in [0.717, 1.165) is 56.0 Å². The molecule has 2 atom stereocenters. The predicted molar refractivity (Wildman–Crippen MR) is 115 cm³/mol. The molecule has 3 fully saturated rings. The van der Waals surface area contributed by atoms with E-state index in [4.69, 9.17) is 4.98 Å². The van der Waals surface area contributed by atoms with Crippen LogP contribution in [0, 0.1) is 11.8 Å². The molecule has 0 aromatic carbocycles. The molecule has 2 aliphatic heterocycles. The van der Waals surface area contributed by atoms with E-state index < -0.39 is 0 Å². The molecule has 0 radical (unpaired) electrons. The Bertz CT molecular complexity index is 799. The van der Waals surface area contributed by atoms with Crippen LogP contribution < -0.4 is 0 Å². The average Bonchev–Trinajstić information content (AvgIpc) is 3.28. The molecular formula is C22H32N4O3S. The van der Waals surface area contributed by atoms with Crippen molar-refractivity contribution in [1.82, 2.24) is 19.7 Å². The Morgan fingerprint density at radius 2 is 1.67 bits per heavy atom. The van der Waals surface area contributed by atoms with E-state index in [2.05, 4.69) is 31.1 Å². The highest BCUT2D eigenvalue weighted by atomic mass is 32.1. The number of hydrogen-bond donors (Lipinski definition) is 0. The Morgan fingerprint density at radius 3 is 2.20 bits per heavy atom. The highest BCUT2D eigenvalue weighted by Crippen LogP contribution is 2.38. The fraction of sp³-hybridized carbons (Fsp3) is 0.727. The first kappa shape index (κ1) is 21.4. The molecular weight excluding hydrogens is 400 g/mol. The zero-order chi connectivity index (χ0) is 21.5. The third-order valence-electron chi connectivity index (χ3n) is 6.53. The number of aromatic nitrogens is 1. The summed E-state index contributed by atoms with van der Waals surface area (Å²) in [7, 11) is 0. The average molecular weight is 433 g/mol. The lowest BCUT2D eigenvalue weighted by Gasteiger charge is -2.35. The number of imide groups is 1. The highest BCUT2D eigenvalue weighted by Gasteiger charge is 2.48. The Balaban J connectivity index is 1.28. The molecule has 1 aliphatic carbocycles. The van der Waals surface area contributed by atoms with Crippen molar-refractivity contribution in [2.45, 2.75) is 58.4 Å². The van der Waals surface area contributed by atoms with Crippen LogP contribution in [0.25, 0.3) is 0 Å². The monoisotopic (exact) mass is 432 g/mol. The van der Waals surface area contributed by atoms with Crippen molar-refractivity contribution >= 4 is 29.1 Å². The minimum absolute atomic E-state index is 0.0655. The summed E-state index contributed by atoms with van der Waals surface area (Å²) < 4.78 is 0. The van der Waals surface area contributed by atoms with Crippen molar-refractivity contribution in [1.29, 1.82) is 0 Å². The number of hydrogen-bond acceptors (Lipinski definition) is 6. The molecule has 7 nitrogen and oxygen atoms in total. The van der Waals surface area contributed by atoms with Gasteiger partial charge in [0.25, 0.3) is 0 Å². The predicted octanol–water partition coefficient (Wildman–Crippen LogP) is 2.26. The lowest BCUT2D eigenvalue weighted by molar-refractivity contribution is -0.147. The summed E-state index contributed by atoms with van der Waals surface area (Å²) in [6.07, 6.45) is 3.57. The minimum atomic E-state index is -0.188. The van der Waals surface area contributed by atoms with Gasteiger partial charge in [-0.1, -0.05) is 33.6 Å². The Morgan fingerprint density at radius 1 is 1.07 bits per heavy atom. The molecule has 30 heavy (non-hydrogen) atoms. The van der Waals surface area contributed by atoms with E-state index in [1.807, 2.05) is 0 Å². The first-order chi connectivity index (χ1) is 14.2. The number of fused-ring (bicyclic) bond motifs is 1. The molecule has 0 spiro atoms. The van der Waals surface area contributed by atoms with Crippen molar-refractivity contribution < 1.29 is 14.4 Å². The van der Waals surface area contributed by atoms with E-state index >= 15 is 0 Å². The molecule has 4 rings (SSSR count). The van der Waals surface area contributed by atoms with Crippen LogP contribution in [0.3, 0.4) is 0 Å². The molecule has 3 amide bonds. The molecule has 8 heteroatoms. The van der Waals surface area contributed by atoms with Crippen LogP contribution in [-0.4, -0.2) is 70.1 Å². The molecule has 2 unspecified atom stereocenters. The second-order valence-corrected chi connectivity index (χ2v) is 10.7. The summed E-state index contributed by atoms with van der Waals surface area (Å²) in [6, 6.07) is 0. The van der Waals surface area contributed by atoms with Gasteiger partial charge in [-0.2, -0.15) is 0 Å². The number of likely N-dealkylation sites (tertiary alicyclic amines) is 1. The van der Waals surface area contributed by atoms with E-state index in [1.165, 1.54) is 4.90 Å². The maximum atomic E-state index is 12.8. The first-order valence-corrected chi connectivity index (χ1v) is 11.9. The van der Waals surface area contributed by atoms with Crippen LogP contribution in [0.1, 0.15) is 57.2 Å². The number of carbonyl (C=O) groups is 3. The second-order valence-electron chi connectivity index (χ2n) is 9.81. The van der Waals surface area contributed by atoms with Crippen LogP contribution >= 0.6 is 11.3 Å². The van der Waals surface area contributed by atoms with Crippen LogP contribution in [0.2, 0.25) is 0 Å². The quantitative estimate of drug-likeness (QED) is 0.683. The molecule has 2 saturated heterocycles. The molecule has 1 aromatic heterocycles. The summed E-state index contributed by atoms with van der Waals surface area (Å²) >= 11 is 1.71. The van der Waals surface area contributed by atoms with Gasteiger partial charge in [-0.25, -0.2) is 4.98 Å². The topological polar surface area (TPSA) is 73.8 Å². The lowest BCUT2D eigenvalue weighted by Crippen LogP contribution is -2.51. The normalized spacial score (nSPS) is 25.7. The fourth-order valence-electron chi connectivity index (χ4n) is 4.73. The van der Waals surface area contributed by atoms with Crippen molar-refractivity contribution in [3.05, 3.63) is 16.1 Å². The van der Waals surface area contributed by atoms with Crippen molar-refractivity contribution in [3.63, 3.8) is 0 Å². The van der Waals surface area contributed by atoms with Gasteiger partial charge in [-0.05, 0) is 12.8 Å². The number of carbonyl (C=O) groups excluding carboxylic acids is 3. The van der Waals surface area contributed by atoms with Crippen molar-refractivity contribution in [2.75, 3.05) is 32.7 Å². The third-order valence-corrected chi connectivity index (χ3v) is 7.85. The SMILES string of the molecule is CC(C)(C)c1nc(CN2CCN(C(=O)CN3C(=O)C4CCCCC4C3=O)CC2)cs1. The summed E-state index contributed by atoms with van der Waals surface area (Å²) in [5.74, 6) is -0.748. The zero-order valence-corrected chi connectivity index (χ0v) is 19.0. The van der Waals surface area contributed by atoms with E-state index in [0.29, 0.717) is 13.1 Å². The van der Waals surface area contributed by atoms with E-state index in [-0.39, 0.29) is 41.5 Å². The summed E-state index contributed by atoms with van der Waals surface area (Å²) in [6.45, 7) is 10.0. The van der Waals surface area contributed by atoms with Gasteiger partial charge < -0.3 is 4.90 Å². The summed E-state index contributed by atoms with van der Waals surface area (Å²) in [5, 5.41) is 3.27. The number of nitrogens with zero attached hydrogens (tertiary/aromatic N) is 4. The Kier molecular flexibility index (Phi) is 5.99. The van der Waals surface area contributed by atoms with Gasteiger partial charge in [0.1, 0.15) is 6.54 Å². The van der Waals surface area contributed by atoms with Gasteiger partial charge in [-0.3, -0.25) is 24.2 Å². The molecule has 0 N–H and O–H groups in total. The highest BCUT2D eigenvalue weighted by molar-refractivity contribution is 7.09. The Labute approximate surface area is 182 Å². The maximum absolute atomic E-state index is 12.8. The van der Waals surface area contributed by atoms with Crippen LogP contribution in [0.5, 0.6) is 0 Å². The van der Waals surface area contributed by atoms with Gasteiger partial charge in [-0.15, -0.1) is 11.3 Å². The number of amides is 3. The largest absolute Gasteiger partial charge is 0.339 e. The first-order valence-electron chi connectivity index (χ1n) is 11.0. The van der Waals surface area contributed by atoms with E-state index in [9.17, 15) is 14.4 Å². The molecule has 0 bridgehead atoms. The van der Waals surface area contributed by atoms with Crippen molar-refractivity contribution in [3.8, 4) is 0 Å². The summed E-state index contributed by atoms with van der Waals surface area (Å²) in [4.78, 5) is 48.1.